The molecule has 0 aliphatic heterocycles. The lowest BCUT2D eigenvalue weighted by atomic mass is 9.89. The van der Waals surface area contributed by atoms with Crippen molar-refractivity contribution in [2.75, 3.05) is 5.32 Å². The highest BCUT2D eigenvalue weighted by atomic mass is 79.9. The van der Waals surface area contributed by atoms with Crippen LogP contribution in [-0.2, 0) is 9.59 Å². The Hall–Kier alpha value is -1.50. The van der Waals surface area contributed by atoms with Crippen LogP contribution in [0.15, 0.2) is 16.6 Å². The summed E-state index contributed by atoms with van der Waals surface area (Å²) < 4.78 is 27.1. The molecule has 0 saturated heterocycles. The smallest absolute Gasteiger partial charge is 0.309 e. The lowest BCUT2D eigenvalue weighted by Gasteiger charge is -2.18. The second-order valence-electron chi connectivity index (χ2n) is 4.66. The topological polar surface area (TPSA) is 66.4 Å². The fourth-order valence-electron chi connectivity index (χ4n) is 1.32. The first-order valence-electron chi connectivity index (χ1n) is 5.31. The molecule has 7 heteroatoms. The van der Waals surface area contributed by atoms with E-state index >= 15 is 0 Å². The molecule has 0 fully saturated rings. The van der Waals surface area contributed by atoms with E-state index in [2.05, 4.69) is 15.9 Å². The van der Waals surface area contributed by atoms with Crippen LogP contribution in [-0.4, -0.2) is 17.0 Å². The largest absolute Gasteiger partial charge is 0.481 e. The fraction of sp³-hybridized carbons (Fsp3) is 0.333. The first kappa shape index (κ1) is 15.6. The number of carboxylic acids is 1. The van der Waals surface area contributed by atoms with Gasteiger partial charge in [0.25, 0.3) is 0 Å². The number of hydrogen-bond donors (Lipinski definition) is 2. The SMILES string of the molecule is CC(C)(CC(=O)Nc1c(F)cc(Br)cc1F)C(=O)O. The minimum absolute atomic E-state index is 0.200. The van der Waals surface area contributed by atoms with Crippen molar-refractivity contribution in [1.82, 2.24) is 0 Å². The highest BCUT2D eigenvalue weighted by molar-refractivity contribution is 9.10. The van der Waals surface area contributed by atoms with Crippen molar-refractivity contribution in [3.05, 3.63) is 28.2 Å². The number of aliphatic carboxylic acids is 1. The molecule has 0 saturated carbocycles. The Bertz CT molecular complexity index is 509. The zero-order valence-corrected chi connectivity index (χ0v) is 11.8. The summed E-state index contributed by atoms with van der Waals surface area (Å²) in [5.41, 5.74) is -1.90. The summed E-state index contributed by atoms with van der Waals surface area (Å²) in [5, 5.41) is 10.9. The summed E-state index contributed by atoms with van der Waals surface area (Å²) >= 11 is 2.91. The van der Waals surface area contributed by atoms with Crippen LogP contribution in [0.5, 0.6) is 0 Å². The van der Waals surface area contributed by atoms with Gasteiger partial charge in [0.05, 0.1) is 5.41 Å². The Morgan fingerprint density at radius 3 is 2.21 bits per heavy atom. The molecule has 1 amide bonds. The number of carbonyl (C=O) groups excluding carboxylic acids is 1. The Morgan fingerprint density at radius 1 is 1.32 bits per heavy atom. The Kier molecular flexibility index (Phi) is 4.62. The van der Waals surface area contributed by atoms with E-state index in [0.29, 0.717) is 0 Å². The van der Waals surface area contributed by atoms with Gasteiger partial charge in [-0.15, -0.1) is 0 Å². The van der Waals surface area contributed by atoms with Crippen molar-refractivity contribution in [3.63, 3.8) is 0 Å². The van der Waals surface area contributed by atoms with E-state index in [1.165, 1.54) is 13.8 Å². The third-order valence-corrected chi connectivity index (χ3v) is 2.91. The summed E-state index contributed by atoms with van der Waals surface area (Å²) in [6.07, 6.45) is -0.392. The maximum absolute atomic E-state index is 13.5. The van der Waals surface area contributed by atoms with E-state index < -0.39 is 41.0 Å². The van der Waals surface area contributed by atoms with Gasteiger partial charge >= 0.3 is 5.97 Å². The summed E-state index contributed by atoms with van der Waals surface area (Å²) in [5.74, 6) is -3.81. The van der Waals surface area contributed by atoms with Crippen molar-refractivity contribution in [2.45, 2.75) is 20.3 Å². The standard InChI is InChI=1S/C12H12BrF2NO3/c1-12(2,11(18)19)5-9(17)16-10-7(14)3-6(13)4-8(10)15/h3-4H,5H2,1-2H3,(H,16,17)(H,18,19). The third kappa shape index (κ3) is 3.99. The lowest BCUT2D eigenvalue weighted by Crippen LogP contribution is -2.30. The molecule has 0 spiro atoms. The van der Waals surface area contributed by atoms with Gasteiger partial charge < -0.3 is 10.4 Å². The number of nitrogens with one attached hydrogen (secondary N) is 1. The number of carboxylic acid groups (broad SMARTS) is 1. The summed E-state index contributed by atoms with van der Waals surface area (Å²) in [4.78, 5) is 22.5. The number of carbonyl (C=O) groups is 2. The number of rotatable bonds is 4. The molecule has 0 aliphatic rings. The molecule has 1 rings (SSSR count). The molecule has 0 aromatic heterocycles. The van der Waals surface area contributed by atoms with Gasteiger partial charge in [-0.1, -0.05) is 15.9 Å². The predicted molar refractivity (Wildman–Crippen MR) is 68.7 cm³/mol. The number of halogens is 3. The van der Waals surface area contributed by atoms with Gasteiger partial charge in [0.15, 0.2) is 11.6 Å². The van der Waals surface area contributed by atoms with Crippen LogP contribution in [0.4, 0.5) is 14.5 Å². The molecule has 0 radical (unpaired) electrons. The normalized spacial score (nSPS) is 11.2. The van der Waals surface area contributed by atoms with Crippen molar-refractivity contribution in [1.29, 1.82) is 0 Å². The second kappa shape index (κ2) is 5.64. The van der Waals surface area contributed by atoms with Crippen LogP contribution >= 0.6 is 15.9 Å². The Balaban J connectivity index is 2.87. The second-order valence-corrected chi connectivity index (χ2v) is 5.57. The van der Waals surface area contributed by atoms with E-state index in [1.54, 1.807) is 0 Å². The van der Waals surface area contributed by atoms with Gasteiger partial charge in [-0.25, -0.2) is 8.78 Å². The van der Waals surface area contributed by atoms with Crippen LogP contribution in [0.25, 0.3) is 0 Å². The van der Waals surface area contributed by atoms with E-state index in [1.807, 2.05) is 5.32 Å². The molecule has 19 heavy (non-hydrogen) atoms. The maximum Gasteiger partial charge on any atom is 0.309 e. The van der Waals surface area contributed by atoms with E-state index in [4.69, 9.17) is 5.11 Å². The zero-order chi connectivity index (χ0) is 14.8. The van der Waals surface area contributed by atoms with Crippen LogP contribution in [0.3, 0.4) is 0 Å². The number of hydrogen-bond acceptors (Lipinski definition) is 2. The van der Waals surface area contributed by atoms with Crippen LogP contribution < -0.4 is 5.32 Å². The zero-order valence-electron chi connectivity index (χ0n) is 10.3. The molecule has 1 aromatic carbocycles. The van der Waals surface area contributed by atoms with Crippen LogP contribution in [0.1, 0.15) is 20.3 Å². The van der Waals surface area contributed by atoms with E-state index in [0.717, 1.165) is 12.1 Å². The lowest BCUT2D eigenvalue weighted by molar-refractivity contribution is -0.148. The first-order chi connectivity index (χ1) is 8.63. The number of anilines is 1. The molecule has 0 bridgehead atoms. The van der Waals surface area contributed by atoms with Gasteiger partial charge in [-0.2, -0.15) is 0 Å². The molecule has 0 unspecified atom stereocenters. The molecule has 0 heterocycles. The molecule has 1 aromatic rings. The maximum atomic E-state index is 13.5. The average molecular weight is 336 g/mol. The molecule has 0 aliphatic carbocycles. The predicted octanol–water partition coefficient (Wildman–Crippen LogP) is 3.17. The van der Waals surface area contributed by atoms with Gasteiger partial charge in [-0.3, -0.25) is 9.59 Å². The summed E-state index contributed by atoms with van der Waals surface area (Å²) in [7, 11) is 0. The van der Waals surface area contributed by atoms with Gasteiger partial charge in [0.2, 0.25) is 5.91 Å². The number of amides is 1. The monoisotopic (exact) mass is 335 g/mol. The van der Waals surface area contributed by atoms with Crippen LogP contribution in [0, 0.1) is 17.0 Å². The van der Waals surface area contributed by atoms with E-state index in [-0.39, 0.29) is 4.47 Å². The Labute approximate surface area is 116 Å². The van der Waals surface area contributed by atoms with Crippen LogP contribution in [0.2, 0.25) is 0 Å². The molecule has 104 valence electrons. The highest BCUT2D eigenvalue weighted by Crippen LogP contribution is 2.26. The average Bonchev–Trinajstić information content (AvgIpc) is 2.22. The summed E-state index contributed by atoms with van der Waals surface area (Å²) in [6.45, 7) is 2.70. The quantitative estimate of drug-likeness (QED) is 0.888. The van der Waals surface area contributed by atoms with Gasteiger partial charge in [0.1, 0.15) is 5.69 Å². The van der Waals surface area contributed by atoms with Crippen molar-refractivity contribution >= 4 is 33.5 Å². The molecular formula is C12H12BrF2NO3. The molecule has 4 nitrogen and oxygen atoms in total. The van der Waals surface area contributed by atoms with Crippen molar-refractivity contribution in [3.8, 4) is 0 Å². The molecular weight excluding hydrogens is 324 g/mol. The fourth-order valence-corrected chi connectivity index (χ4v) is 1.72. The minimum atomic E-state index is -1.31. The van der Waals surface area contributed by atoms with Crippen molar-refractivity contribution in [2.24, 2.45) is 5.41 Å². The third-order valence-electron chi connectivity index (χ3n) is 2.45. The van der Waals surface area contributed by atoms with E-state index in [9.17, 15) is 18.4 Å². The Morgan fingerprint density at radius 2 is 1.79 bits per heavy atom. The first-order valence-corrected chi connectivity index (χ1v) is 6.10. The molecule has 2 N–H and O–H groups in total. The molecule has 0 atom stereocenters. The van der Waals surface area contributed by atoms with Crippen molar-refractivity contribution < 1.29 is 23.5 Å². The van der Waals surface area contributed by atoms with Gasteiger partial charge in [-0.05, 0) is 26.0 Å². The minimum Gasteiger partial charge on any atom is -0.481 e. The van der Waals surface area contributed by atoms with Gasteiger partial charge in [0, 0.05) is 10.9 Å². The highest BCUT2D eigenvalue weighted by Gasteiger charge is 2.30. The number of benzene rings is 1. The summed E-state index contributed by atoms with van der Waals surface area (Å²) in [6, 6.07) is 2.00.